The van der Waals surface area contributed by atoms with Crippen molar-refractivity contribution in [1.82, 2.24) is 19.9 Å². The fourth-order valence-corrected chi connectivity index (χ4v) is 5.06. The minimum absolute atomic E-state index is 0.0833. The van der Waals surface area contributed by atoms with E-state index in [4.69, 9.17) is 9.72 Å². The lowest BCUT2D eigenvalue weighted by atomic mass is 10.1. The number of hydrogen-bond acceptors (Lipinski definition) is 7. The van der Waals surface area contributed by atoms with Gasteiger partial charge in [-0.25, -0.2) is 14.1 Å². The van der Waals surface area contributed by atoms with Gasteiger partial charge in [-0.1, -0.05) is 0 Å². The van der Waals surface area contributed by atoms with Crippen LogP contribution in [0.2, 0.25) is 0 Å². The summed E-state index contributed by atoms with van der Waals surface area (Å²) >= 11 is 0. The average Bonchev–Trinajstić information content (AvgIpc) is 3.43. The monoisotopic (exact) mass is 487 g/mol. The molecule has 0 unspecified atom stereocenters. The Morgan fingerprint density at radius 1 is 1.21 bits per heavy atom. The highest BCUT2D eigenvalue weighted by Crippen LogP contribution is 2.34. The molecular formula is C23H26FN5O4S. The Morgan fingerprint density at radius 3 is 2.59 bits per heavy atom. The Bertz CT molecular complexity index is 1290. The Morgan fingerprint density at radius 2 is 1.94 bits per heavy atom. The van der Waals surface area contributed by atoms with Crippen LogP contribution in [0.4, 0.5) is 10.2 Å². The lowest BCUT2D eigenvalue weighted by Crippen LogP contribution is -2.37. The van der Waals surface area contributed by atoms with Crippen LogP contribution in [0.25, 0.3) is 11.3 Å². The zero-order valence-corrected chi connectivity index (χ0v) is 19.9. The fourth-order valence-electron chi connectivity index (χ4n) is 4.18. The molecule has 4 rings (SSSR count). The standard InChI is InChI=1S/C23H26FN5O4S/c1-4-33-18-12-16(11-17(24)13-18)20-8-7-19(22(26-20)29-14(2)5-6-15(29)3)23(30)28-34(31,32)21-9-10-25-27-21/h7-15H,4-6H2,1-3H3,(H,25,27)(H,28,30)/t14-,15+. The van der Waals surface area contributed by atoms with E-state index in [0.717, 1.165) is 12.8 Å². The van der Waals surface area contributed by atoms with Crippen molar-refractivity contribution in [2.75, 3.05) is 11.5 Å². The van der Waals surface area contributed by atoms with E-state index in [9.17, 15) is 17.6 Å². The SMILES string of the molecule is CCOc1cc(F)cc(-c2ccc(C(=O)NS(=O)(=O)c3ccn[nH]3)c(N3[C@H](C)CC[C@@H]3C)n2)c1. The number of rotatable bonds is 7. The highest BCUT2D eigenvalue weighted by atomic mass is 32.2. The van der Waals surface area contributed by atoms with Gasteiger partial charge in [-0.2, -0.15) is 13.5 Å². The van der Waals surface area contributed by atoms with Gasteiger partial charge in [-0.15, -0.1) is 0 Å². The topological polar surface area (TPSA) is 117 Å². The zero-order chi connectivity index (χ0) is 24.5. The zero-order valence-electron chi connectivity index (χ0n) is 19.1. The smallest absolute Gasteiger partial charge is 0.281 e. The summed E-state index contributed by atoms with van der Waals surface area (Å²) in [4.78, 5) is 19.8. The molecule has 0 radical (unpaired) electrons. The quantitative estimate of drug-likeness (QED) is 0.524. The molecule has 11 heteroatoms. The summed E-state index contributed by atoms with van der Waals surface area (Å²) < 4.78 is 46.9. The molecular weight excluding hydrogens is 461 g/mol. The molecule has 0 spiro atoms. The largest absolute Gasteiger partial charge is 0.494 e. The number of anilines is 1. The number of pyridine rings is 1. The molecule has 3 aromatic rings. The summed E-state index contributed by atoms with van der Waals surface area (Å²) in [5.41, 5.74) is 1.03. The van der Waals surface area contributed by atoms with Gasteiger partial charge in [0, 0.05) is 23.7 Å². The number of amides is 1. The maximum atomic E-state index is 14.2. The number of nitrogens with zero attached hydrogens (tertiary/aromatic N) is 3. The summed E-state index contributed by atoms with van der Waals surface area (Å²) in [5.74, 6) is -0.574. The van der Waals surface area contributed by atoms with Gasteiger partial charge in [0.1, 0.15) is 17.4 Å². The molecule has 3 heterocycles. The first-order valence-electron chi connectivity index (χ1n) is 11.0. The van der Waals surface area contributed by atoms with Crippen LogP contribution in [0.1, 0.15) is 44.0 Å². The van der Waals surface area contributed by atoms with Crippen molar-refractivity contribution >= 4 is 21.7 Å². The number of H-pyrrole nitrogens is 1. The molecule has 2 N–H and O–H groups in total. The Balaban J connectivity index is 1.78. The number of carbonyl (C=O) groups is 1. The highest BCUT2D eigenvalue weighted by molar-refractivity contribution is 7.90. The van der Waals surface area contributed by atoms with Crippen molar-refractivity contribution in [2.45, 2.75) is 50.7 Å². The van der Waals surface area contributed by atoms with Crippen LogP contribution in [0.3, 0.4) is 0 Å². The Labute approximate surface area is 197 Å². The predicted octanol–water partition coefficient (Wildman–Crippen LogP) is 3.51. The second-order valence-electron chi connectivity index (χ2n) is 8.21. The third kappa shape index (κ3) is 4.74. The van der Waals surface area contributed by atoms with Crippen molar-refractivity contribution in [3.8, 4) is 17.0 Å². The number of ether oxygens (including phenoxy) is 1. The number of halogens is 1. The van der Waals surface area contributed by atoms with E-state index in [0.29, 0.717) is 29.4 Å². The van der Waals surface area contributed by atoms with Crippen LogP contribution in [0.15, 0.2) is 47.6 Å². The molecule has 180 valence electrons. The minimum atomic E-state index is -4.14. The van der Waals surface area contributed by atoms with E-state index in [1.165, 1.54) is 30.5 Å². The third-order valence-electron chi connectivity index (χ3n) is 5.79. The summed E-state index contributed by atoms with van der Waals surface area (Å²) in [6.07, 6.45) is 3.08. The van der Waals surface area contributed by atoms with Gasteiger partial charge in [0.05, 0.1) is 24.1 Å². The fraction of sp³-hybridized carbons (Fsp3) is 0.348. The van der Waals surface area contributed by atoms with Gasteiger partial charge in [0.2, 0.25) is 0 Å². The highest BCUT2D eigenvalue weighted by Gasteiger charge is 2.33. The van der Waals surface area contributed by atoms with E-state index in [1.54, 1.807) is 12.1 Å². The van der Waals surface area contributed by atoms with Crippen LogP contribution in [0.5, 0.6) is 5.75 Å². The van der Waals surface area contributed by atoms with Crippen LogP contribution in [-0.4, -0.2) is 48.2 Å². The Hall–Kier alpha value is -3.47. The number of hydrogen-bond donors (Lipinski definition) is 2. The van der Waals surface area contributed by atoms with Crippen LogP contribution in [-0.2, 0) is 10.0 Å². The summed E-state index contributed by atoms with van der Waals surface area (Å²) in [6.45, 7) is 6.24. The number of aromatic amines is 1. The number of nitrogens with one attached hydrogen (secondary N) is 2. The first-order valence-corrected chi connectivity index (χ1v) is 12.5. The van der Waals surface area contributed by atoms with Crippen molar-refractivity contribution < 1.29 is 22.3 Å². The lowest BCUT2D eigenvalue weighted by Gasteiger charge is -2.29. The minimum Gasteiger partial charge on any atom is -0.494 e. The van der Waals surface area contributed by atoms with Crippen molar-refractivity contribution in [1.29, 1.82) is 0 Å². The molecule has 9 nitrogen and oxygen atoms in total. The molecule has 0 bridgehead atoms. The van der Waals surface area contributed by atoms with Gasteiger partial charge < -0.3 is 9.64 Å². The van der Waals surface area contributed by atoms with E-state index in [2.05, 4.69) is 14.9 Å². The van der Waals surface area contributed by atoms with Gasteiger partial charge in [-0.05, 0) is 63.9 Å². The number of aromatic nitrogens is 3. The molecule has 1 aromatic carbocycles. The second-order valence-corrected chi connectivity index (χ2v) is 9.87. The molecule has 0 saturated carbocycles. The molecule has 1 saturated heterocycles. The summed E-state index contributed by atoms with van der Waals surface area (Å²) in [6, 6.07) is 8.81. The first kappa shape index (κ1) is 23.7. The van der Waals surface area contributed by atoms with Crippen molar-refractivity contribution in [2.24, 2.45) is 0 Å². The summed E-state index contributed by atoms with van der Waals surface area (Å²) in [5, 5.41) is 5.74. The van der Waals surface area contributed by atoms with Gasteiger partial charge in [-0.3, -0.25) is 9.89 Å². The maximum absolute atomic E-state index is 14.2. The van der Waals surface area contributed by atoms with E-state index in [1.807, 2.05) is 25.7 Å². The maximum Gasteiger partial charge on any atom is 0.281 e. The summed E-state index contributed by atoms with van der Waals surface area (Å²) in [7, 11) is -4.14. The van der Waals surface area contributed by atoms with Crippen molar-refractivity contribution in [3.63, 3.8) is 0 Å². The van der Waals surface area contributed by atoms with E-state index in [-0.39, 0.29) is 22.7 Å². The van der Waals surface area contributed by atoms with Crippen LogP contribution in [0, 0.1) is 5.82 Å². The number of benzene rings is 1. The van der Waals surface area contributed by atoms with E-state index >= 15 is 0 Å². The molecule has 2 aromatic heterocycles. The van der Waals surface area contributed by atoms with Crippen LogP contribution >= 0.6 is 0 Å². The van der Waals surface area contributed by atoms with Crippen LogP contribution < -0.4 is 14.4 Å². The van der Waals surface area contributed by atoms with Gasteiger partial charge >= 0.3 is 0 Å². The van der Waals surface area contributed by atoms with E-state index < -0.39 is 21.7 Å². The molecule has 1 aliphatic heterocycles. The molecule has 1 aliphatic rings. The number of carbonyl (C=O) groups excluding carboxylic acids is 1. The molecule has 2 atom stereocenters. The first-order chi connectivity index (χ1) is 16.2. The molecule has 0 aliphatic carbocycles. The van der Waals surface area contributed by atoms with Gasteiger partial charge in [0.25, 0.3) is 15.9 Å². The molecule has 34 heavy (non-hydrogen) atoms. The Kier molecular flexibility index (Phi) is 6.56. The number of sulfonamides is 1. The normalized spacial score (nSPS) is 18.2. The molecule has 1 amide bonds. The lowest BCUT2D eigenvalue weighted by molar-refractivity contribution is 0.0981. The molecule has 1 fully saturated rings. The third-order valence-corrected chi connectivity index (χ3v) is 7.05. The average molecular weight is 488 g/mol. The predicted molar refractivity (Wildman–Crippen MR) is 125 cm³/mol. The second kappa shape index (κ2) is 9.41. The van der Waals surface area contributed by atoms with Gasteiger partial charge in [0.15, 0.2) is 5.03 Å². The van der Waals surface area contributed by atoms with Crippen molar-refractivity contribution in [3.05, 3.63) is 54.0 Å².